The number of aromatic nitrogens is 1. The Hall–Kier alpha value is -2.70. The van der Waals surface area contributed by atoms with Crippen molar-refractivity contribution < 1.29 is 9.53 Å². The first-order chi connectivity index (χ1) is 14.3. The molecular formula is C23H25N3O2S. The van der Waals surface area contributed by atoms with Crippen LogP contribution in [-0.2, 0) is 13.1 Å². The van der Waals surface area contributed by atoms with Crippen LogP contribution in [0, 0.1) is 0 Å². The number of carbonyl (C=O) groups excluding carboxylic acids is 1. The van der Waals surface area contributed by atoms with Gasteiger partial charge in [-0.05, 0) is 65.6 Å². The highest BCUT2D eigenvalue weighted by atomic mass is 32.1. The molecule has 1 amide bonds. The van der Waals surface area contributed by atoms with E-state index in [1.54, 1.807) is 17.5 Å². The van der Waals surface area contributed by atoms with Gasteiger partial charge in [-0.1, -0.05) is 12.1 Å². The highest BCUT2D eigenvalue weighted by molar-refractivity contribution is 7.07. The van der Waals surface area contributed by atoms with E-state index < -0.39 is 0 Å². The first-order valence-corrected chi connectivity index (χ1v) is 10.9. The van der Waals surface area contributed by atoms with Crippen molar-refractivity contribution in [1.29, 1.82) is 0 Å². The van der Waals surface area contributed by atoms with Crippen LogP contribution >= 0.6 is 11.3 Å². The summed E-state index contributed by atoms with van der Waals surface area (Å²) in [5, 5.41) is 7.25. The Morgan fingerprint density at radius 3 is 2.83 bits per heavy atom. The summed E-state index contributed by atoms with van der Waals surface area (Å²) in [4.78, 5) is 19.2. The van der Waals surface area contributed by atoms with Gasteiger partial charge in [0.05, 0.1) is 12.2 Å². The number of rotatable bonds is 7. The summed E-state index contributed by atoms with van der Waals surface area (Å²) >= 11 is 1.75. The number of amides is 1. The predicted molar refractivity (Wildman–Crippen MR) is 115 cm³/mol. The van der Waals surface area contributed by atoms with Gasteiger partial charge < -0.3 is 10.1 Å². The van der Waals surface area contributed by atoms with Gasteiger partial charge in [-0.25, -0.2) is 0 Å². The Kier molecular flexibility index (Phi) is 6.54. The molecule has 1 aliphatic heterocycles. The molecule has 0 aliphatic carbocycles. The molecule has 150 valence electrons. The third-order valence-corrected chi connectivity index (χ3v) is 5.81. The van der Waals surface area contributed by atoms with E-state index in [4.69, 9.17) is 4.74 Å². The van der Waals surface area contributed by atoms with Gasteiger partial charge >= 0.3 is 0 Å². The smallest absolute Gasteiger partial charge is 0.251 e. The molecule has 1 aliphatic rings. The quantitative estimate of drug-likeness (QED) is 0.640. The van der Waals surface area contributed by atoms with Gasteiger partial charge in [-0.15, -0.1) is 0 Å². The van der Waals surface area contributed by atoms with E-state index in [2.05, 4.69) is 32.0 Å². The standard InChI is InChI=1S/C23H25N3O2S/c27-23(25-15-20-5-1-2-10-24-20)19-4-3-6-22(14-19)28-21-7-11-26(12-8-21)16-18-9-13-29-17-18/h1-6,9-10,13-14,17,21H,7-8,11-12,15-16H2,(H,25,27). The van der Waals surface area contributed by atoms with Crippen molar-refractivity contribution in [2.75, 3.05) is 13.1 Å². The first kappa shape index (κ1) is 19.6. The first-order valence-electron chi connectivity index (χ1n) is 9.94. The summed E-state index contributed by atoms with van der Waals surface area (Å²) in [6.07, 6.45) is 3.92. The van der Waals surface area contributed by atoms with Gasteiger partial charge in [0.25, 0.3) is 5.91 Å². The van der Waals surface area contributed by atoms with Gasteiger partial charge in [0.15, 0.2) is 0 Å². The van der Waals surface area contributed by atoms with Crippen LogP contribution in [-0.4, -0.2) is 35.0 Å². The second-order valence-corrected chi connectivity index (χ2v) is 8.04. The van der Waals surface area contributed by atoms with E-state index in [1.165, 1.54) is 5.56 Å². The fourth-order valence-electron chi connectivity index (χ4n) is 3.50. The molecule has 3 aromatic rings. The molecular weight excluding hydrogens is 382 g/mol. The molecule has 0 radical (unpaired) electrons. The molecule has 1 saturated heterocycles. The number of thiophene rings is 1. The van der Waals surface area contributed by atoms with Crippen molar-refractivity contribution in [3.8, 4) is 5.75 Å². The molecule has 0 saturated carbocycles. The van der Waals surface area contributed by atoms with Crippen LogP contribution in [0.3, 0.4) is 0 Å². The van der Waals surface area contributed by atoms with Gasteiger partial charge in [0.1, 0.15) is 11.9 Å². The number of hydrogen-bond acceptors (Lipinski definition) is 5. The van der Waals surface area contributed by atoms with Crippen LogP contribution in [0.15, 0.2) is 65.5 Å². The zero-order valence-corrected chi connectivity index (χ0v) is 17.1. The Bertz CT molecular complexity index is 907. The van der Waals surface area contributed by atoms with E-state index in [-0.39, 0.29) is 12.0 Å². The molecule has 0 bridgehead atoms. The van der Waals surface area contributed by atoms with Crippen LogP contribution in [0.5, 0.6) is 5.75 Å². The topological polar surface area (TPSA) is 54.5 Å². The van der Waals surface area contributed by atoms with Crippen LogP contribution in [0.4, 0.5) is 0 Å². The van der Waals surface area contributed by atoms with Crippen molar-refractivity contribution >= 4 is 17.2 Å². The average molecular weight is 408 g/mol. The van der Waals surface area contributed by atoms with Crippen LogP contribution in [0.2, 0.25) is 0 Å². The van der Waals surface area contributed by atoms with E-state index in [0.717, 1.165) is 43.9 Å². The van der Waals surface area contributed by atoms with Crippen molar-refractivity contribution in [3.63, 3.8) is 0 Å². The molecule has 1 fully saturated rings. The molecule has 0 unspecified atom stereocenters. The lowest BCUT2D eigenvalue weighted by atomic mass is 10.1. The zero-order valence-electron chi connectivity index (χ0n) is 16.3. The second kappa shape index (κ2) is 9.67. The van der Waals surface area contributed by atoms with Crippen molar-refractivity contribution in [1.82, 2.24) is 15.2 Å². The zero-order chi connectivity index (χ0) is 19.9. The monoisotopic (exact) mass is 407 g/mol. The number of ether oxygens (including phenoxy) is 1. The summed E-state index contributed by atoms with van der Waals surface area (Å²) in [6, 6.07) is 15.3. The van der Waals surface area contributed by atoms with Gasteiger partial charge in [-0.3, -0.25) is 14.7 Å². The maximum atomic E-state index is 12.5. The molecule has 1 N–H and O–H groups in total. The van der Waals surface area contributed by atoms with Gasteiger partial charge in [-0.2, -0.15) is 11.3 Å². The lowest BCUT2D eigenvalue weighted by molar-refractivity contribution is 0.0934. The highest BCUT2D eigenvalue weighted by Gasteiger charge is 2.21. The van der Waals surface area contributed by atoms with Crippen LogP contribution in [0.25, 0.3) is 0 Å². The maximum absolute atomic E-state index is 12.5. The molecule has 4 rings (SSSR count). The number of nitrogens with one attached hydrogen (secondary N) is 1. The lowest BCUT2D eigenvalue weighted by Crippen LogP contribution is -2.37. The molecule has 2 aromatic heterocycles. The van der Waals surface area contributed by atoms with E-state index in [9.17, 15) is 4.79 Å². The minimum Gasteiger partial charge on any atom is -0.490 e. The van der Waals surface area contributed by atoms with Crippen LogP contribution < -0.4 is 10.1 Å². The molecule has 29 heavy (non-hydrogen) atoms. The number of nitrogens with zero attached hydrogens (tertiary/aromatic N) is 2. The van der Waals surface area contributed by atoms with E-state index in [0.29, 0.717) is 12.1 Å². The molecule has 6 heteroatoms. The largest absolute Gasteiger partial charge is 0.490 e. The predicted octanol–water partition coefficient (Wildman–Crippen LogP) is 4.12. The van der Waals surface area contributed by atoms with Crippen molar-refractivity contribution in [2.24, 2.45) is 0 Å². The second-order valence-electron chi connectivity index (χ2n) is 7.26. The fourth-order valence-corrected chi connectivity index (χ4v) is 4.16. The number of pyridine rings is 1. The lowest BCUT2D eigenvalue weighted by Gasteiger charge is -2.32. The van der Waals surface area contributed by atoms with Gasteiger partial charge in [0.2, 0.25) is 0 Å². The van der Waals surface area contributed by atoms with Crippen LogP contribution in [0.1, 0.15) is 34.5 Å². The number of benzene rings is 1. The van der Waals surface area contributed by atoms with Gasteiger partial charge in [0, 0.05) is 31.4 Å². The molecule has 1 aromatic carbocycles. The SMILES string of the molecule is O=C(NCc1ccccn1)c1cccc(OC2CCN(Cc3ccsc3)CC2)c1. The summed E-state index contributed by atoms with van der Waals surface area (Å²) in [7, 11) is 0. The molecule has 0 spiro atoms. The Labute approximate surface area is 175 Å². The number of likely N-dealkylation sites (tertiary alicyclic amines) is 1. The molecule has 3 heterocycles. The number of carbonyl (C=O) groups is 1. The summed E-state index contributed by atoms with van der Waals surface area (Å²) in [5.41, 5.74) is 2.83. The van der Waals surface area contributed by atoms with E-state index >= 15 is 0 Å². The maximum Gasteiger partial charge on any atom is 0.251 e. The highest BCUT2D eigenvalue weighted by Crippen LogP contribution is 2.21. The number of piperidine rings is 1. The Morgan fingerprint density at radius 2 is 2.07 bits per heavy atom. The van der Waals surface area contributed by atoms with Crippen molar-refractivity contribution in [2.45, 2.75) is 32.0 Å². The minimum absolute atomic E-state index is 0.119. The third-order valence-electron chi connectivity index (χ3n) is 5.08. The Balaban J connectivity index is 1.27. The molecule has 0 atom stereocenters. The minimum atomic E-state index is -0.119. The number of hydrogen-bond donors (Lipinski definition) is 1. The summed E-state index contributed by atoms with van der Waals surface area (Å²) in [6.45, 7) is 3.49. The third kappa shape index (κ3) is 5.65. The fraction of sp³-hybridized carbons (Fsp3) is 0.304. The molecule has 5 nitrogen and oxygen atoms in total. The summed E-state index contributed by atoms with van der Waals surface area (Å²) in [5.74, 6) is 0.637. The van der Waals surface area contributed by atoms with E-state index in [1.807, 2.05) is 42.5 Å². The Morgan fingerprint density at radius 1 is 1.17 bits per heavy atom. The van der Waals surface area contributed by atoms with Crippen molar-refractivity contribution in [3.05, 3.63) is 82.3 Å². The average Bonchev–Trinajstić information content (AvgIpc) is 3.27. The summed E-state index contributed by atoms with van der Waals surface area (Å²) < 4.78 is 6.18. The normalized spacial score (nSPS) is 15.2.